The Balaban J connectivity index is 1.69. The first-order chi connectivity index (χ1) is 7.75. The lowest BCUT2D eigenvalue weighted by Crippen LogP contribution is -2.40. The van der Waals surface area contributed by atoms with E-state index in [2.05, 4.69) is 28.8 Å². The van der Waals surface area contributed by atoms with Crippen molar-refractivity contribution in [2.75, 3.05) is 13.1 Å². The largest absolute Gasteiger partial charge is 0.301 e. The number of aromatic nitrogens is 3. The quantitative estimate of drug-likeness (QED) is 0.779. The average molecular weight is 222 g/mol. The van der Waals surface area contributed by atoms with E-state index in [9.17, 15) is 0 Å². The third-order valence-corrected chi connectivity index (χ3v) is 3.58. The number of rotatable bonds is 4. The van der Waals surface area contributed by atoms with Gasteiger partial charge in [-0.25, -0.2) is 4.98 Å². The van der Waals surface area contributed by atoms with Crippen LogP contribution in [-0.4, -0.2) is 38.8 Å². The van der Waals surface area contributed by atoms with Gasteiger partial charge in [-0.05, 0) is 38.6 Å². The molecule has 2 rings (SSSR count). The lowest BCUT2D eigenvalue weighted by atomic mass is 9.93. The molecule has 2 atom stereocenters. The molecule has 90 valence electrons. The number of likely N-dealkylation sites (tertiary alicyclic amines) is 1. The fourth-order valence-corrected chi connectivity index (χ4v) is 2.57. The topological polar surface area (TPSA) is 34.0 Å². The molecule has 0 saturated carbocycles. The van der Waals surface area contributed by atoms with Crippen LogP contribution in [0.15, 0.2) is 12.7 Å². The van der Waals surface area contributed by atoms with Gasteiger partial charge in [-0.3, -0.25) is 4.68 Å². The first-order valence-corrected chi connectivity index (χ1v) is 6.32. The zero-order valence-corrected chi connectivity index (χ0v) is 10.3. The van der Waals surface area contributed by atoms with Gasteiger partial charge in [0.2, 0.25) is 0 Å². The van der Waals surface area contributed by atoms with Crippen molar-refractivity contribution < 1.29 is 0 Å². The first kappa shape index (κ1) is 11.6. The lowest BCUT2D eigenvalue weighted by Gasteiger charge is -2.36. The van der Waals surface area contributed by atoms with E-state index in [1.165, 1.54) is 32.4 Å². The van der Waals surface area contributed by atoms with E-state index in [4.69, 9.17) is 0 Å². The third-order valence-electron chi connectivity index (χ3n) is 3.58. The minimum Gasteiger partial charge on any atom is -0.301 e. The normalized spacial score (nSPS) is 27.1. The van der Waals surface area contributed by atoms with Crippen LogP contribution >= 0.6 is 0 Å². The van der Waals surface area contributed by atoms with Gasteiger partial charge >= 0.3 is 0 Å². The summed E-state index contributed by atoms with van der Waals surface area (Å²) in [6.07, 6.45) is 7.27. The van der Waals surface area contributed by atoms with Crippen molar-refractivity contribution >= 4 is 0 Å². The molecular weight excluding hydrogens is 200 g/mol. The van der Waals surface area contributed by atoms with Gasteiger partial charge in [-0.2, -0.15) is 5.10 Å². The molecule has 2 heterocycles. The molecule has 1 aliphatic rings. The zero-order chi connectivity index (χ0) is 11.4. The average Bonchev–Trinajstić information content (AvgIpc) is 2.74. The second-order valence-electron chi connectivity index (χ2n) is 5.03. The molecule has 0 bridgehead atoms. The zero-order valence-electron chi connectivity index (χ0n) is 10.3. The molecule has 16 heavy (non-hydrogen) atoms. The minimum absolute atomic E-state index is 0.750. The van der Waals surface area contributed by atoms with Crippen molar-refractivity contribution in [1.82, 2.24) is 19.7 Å². The van der Waals surface area contributed by atoms with Crippen LogP contribution in [0.5, 0.6) is 0 Å². The summed E-state index contributed by atoms with van der Waals surface area (Å²) in [7, 11) is 0. The highest BCUT2D eigenvalue weighted by atomic mass is 15.3. The van der Waals surface area contributed by atoms with Crippen molar-refractivity contribution in [2.24, 2.45) is 5.92 Å². The Labute approximate surface area is 97.7 Å². The first-order valence-electron chi connectivity index (χ1n) is 6.32. The van der Waals surface area contributed by atoms with Gasteiger partial charge in [-0.15, -0.1) is 0 Å². The Kier molecular flexibility index (Phi) is 3.93. The summed E-state index contributed by atoms with van der Waals surface area (Å²) in [5, 5.41) is 4.12. The van der Waals surface area contributed by atoms with Crippen molar-refractivity contribution in [3.63, 3.8) is 0 Å². The highest BCUT2D eigenvalue weighted by Gasteiger charge is 2.21. The predicted molar refractivity (Wildman–Crippen MR) is 64.1 cm³/mol. The fourth-order valence-electron chi connectivity index (χ4n) is 2.57. The molecule has 4 heteroatoms. The standard InChI is InChI=1S/C12H22N4/c1-11-4-7-15(12(2)8-11)5-3-6-16-10-13-9-14-16/h9-12H,3-8H2,1-2H3. The highest BCUT2D eigenvalue weighted by Crippen LogP contribution is 2.21. The summed E-state index contributed by atoms with van der Waals surface area (Å²) in [6, 6.07) is 0.750. The van der Waals surface area contributed by atoms with Gasteiger partial charge in [0, 0.05) is 19.1 Å². The van der Waals surface area contributed by atoms with E-state index < -0.39 is 0 Å². The van der Waals surface area contributed by atoms with Crippen molar-refractivity contribution in [3.8, 4) is 0 Å². The van der Waals surface area contributed by atoms with Gasteiger partial charge in [0.1, 0.15) is 12.7 Å². The molecule has 1 saturated heterocycles. The summed E-state index contributed by atoms with van der Waals surface area (Å²) in [5.74, 6) is 0.904. The molecule has 2 unspecified atom stereocenters. The number of piperidine rings is 1. The van der Waals surface area contributed by atoms with Crippen LogP contribution in [0.1, 0.15) is 33.1 Å². The van der Waals surface area contributed by atoms with Gasteiger partial charge in [0.15, 0.2) is 0 Å². The van der Waals surface area contributed by atoms with Crippen LogP contribution in [0.2, 0.25) is 0 Å². The summed E-state index contributed by atoms with van der Waals surface area (Å²) in [5.41, 5.74) is 0. The minimum atomic E-state index is 0.750. The summed E-state index contributed by atoms with van der Waals surface area (Å²) in [6.45, 7) is 8.15. The molecule has 1 aromatic heterocycles. The number of nitrogens with zero attached hydrogens (tertiary/aromatic N) is 4. The molecule has 1 fully saturated rings. The molecular formula is C12H22N4. The van der Waals surface area contributed by atoms with Crippen LogP contribution < -0.4 is 0 Å². The molecule has 0 aliphatic carbocycles. The smallest absolute Gasteiger partial charge is 0.137 e. The monoisotopic (exact) mass is 222 g/mol. The SMILES string of the molecule is CC1CCN(CCCn2cncn2)C(C)C1. The maximum Gasteiger partial charge on any atom is 0.137 e. The van der Waals surface area contributed by atoms with Crippen LogP contribution in [0.3, 0.4) is 0 Å². The Morgan fingerprint density at radius 1 is 1.31 bits per heavy atom. The van der Waals surface area contributed by atoms with E-state index in [1.807, 2.05) is 4.68 Å². The number of hydrogen-bond acceptors (Lipinski definition) is 3. The number of aryl methyl sites for hydroxylation is 1. The molecule has 0 aromatic carbocycles. The van der Waals surface area contributed by atoms with Crippen molar-refractivity contribution in [3.05, 3.63) is 12.7 Å². The van der Waals surface area contributed by atoms with Crippen molar-refractivity contribution in [2.45, 2.75) is 45.7 Å². The Morgan fingerprint density at radius 2 is 2.19 bits per heavy atom. The summed E-state index contributed by atoms with van der Waals surface area (Å²) >= 11 is 0. The van der Waals surface area contributed by atoms with E-state index in [-0.39, 0.29) is 0 Å². The Hall–Kier alpha value is -0.900. The van der Waals surface area contributed by atoms with Crippen LogP contribution in [0, 0.1) is 5.92 Å². The van der Waals surface area contributed by atoms with Gasteiger partial charge in [0.25, 0.3) is 0 Å². The number of hydrogen-bond donors (Lipinski definition) is 0. The molecule has 4 nitrogen and oxygen atoms in total. The maximum atomic E-state index is 4.12. The molecule has 0 spiro atoms. The van der Waals surface area contributed by atoms with E-state index in [0.717, 1.165) is 18.5 Å². The van der Waals surface area contributed by atoms with Crippen molar-refractivity contribution in [1.29, 1.82) is 0 Å². The molecule has 0 amide bonds. The van der Waals surface area contributed by atoms with Gasteiger partial charge in [-0.1, -0.05) is 6.92 Å². The summed E-state index contributed by atoms with van der Waals surface area (Å²) < 4.78 is 1.91. The Bertz CT molecular complexity index is 296. The van der Waals surface area contributed by atoms with Gasteiger partial charge < -0.3 is 4.90 Å². The molecule has 0 radical (unpaired) electrons. The van der Waals surface area contributed by atoms with Crippen LogP contribution in [-0.2, 0) is 6.54 Å². The van der Waals surface area contributed by atoms with E-state index >= 15 is 0 Å². The molecule has 1 aromatic rings. The molecule has 1 aliphatic heterocycles. The maximum absolute atomic E-state index is 4.12. The lowest BCUT2D eigenvalue weighted by molar-refractivity contribution is 0.126. The van der Waals surface area contributed by atoms with Crippen LogP contribution in [0.4, 0.5) is 0 Å². The predicted octanol–water partition coefficient (Wildman–Crippen LogP) is 1.79. The van der Waals surface area contributed by atoms with Crippen LogP contribution in [0.25, 0.3) is 0 Å². The second kappa shape index (κ2) is 5.43. The van der Waals surface area contributed by atoms with Gasteiger partial charge in [0.05, 0.1) is 0 Å². The third kappa shape index (κ3) is 3.04. The summed E-state index contributed by atoms with van der Waals surface area (Å²) in [4.78, 5) is 6.56. The highest BCUT2D eigenvalue weighted by molar-refractivity contribution is 4.76. The Morgan fingerprint density at radius 3 is 2.88 bits per heavy atom. The van der Waals surface area contributed by atoms with E-state index in [1.54, 1.807) is 12.7 Å². The fraction of sp³-hybridized carbons (Fsp3) is 0.833. The molecule has 0 N–H and O–H groups in total. The van der Waals surface area contributed by atoms with E-state index in [0.29, 0.717) is 0 Å². The second-order valence-corrected chi connectivity index (χ2v) is 5.03.